The number of nitrogens with zero attached hydrogens (tertiary/aromatic N) is 3. The van der Waals surface area contributed by atoms with Crippen LogP contribution in [0.5, 0.6) is 0 Å². The van der Waals surface area contributed by atoms with E-state index in [1.54, 1.807) is 6.33 Å². The average molecular weight is 347 g/mol. The van der Waals surface area contributed by atoms with Crippen LogP contribution in [0, 0.1) is 5.92 Å². The summed E-state index contributed by atoms with van der Waals surface area (Å²) in [6.45, 7) is 4.65. The van der Waals surface area contributed by atoms with E-state index in [1.807, 2.05) is 25.1 Å². The molecule has 0 spiro atoms. The number of amides is 1. The molecule has 3 rings (SSSR count). The second-order valence-corrected chi connectivity index (χ2v) is 6.80. The van der Waals surface area contributed by atoms with E-state index in [0.29, 0.717) is 17.4 Å². The SMILES string of the molecule is CCCC(=O)NCC1CCCN(c2ncnc3cc(Cl)ccc23)C1. The molecule has 6 heteroatoms. The maximum absolute atomic E-state index is 11.7. The first-order valence-electron chi connectivity index (χ1n) is 8.59. The quantitative estimate of drug-likeness (QED) is 0.901. The van der Waals surface area contributed by atoms with E-state index < -0.39 is 0 Å². The molecule has 5 nitrogen and oxygen atoms in total. The van der Waals surface area contributed by atoms with Gasteiger partial charge in [-0.05, 0) is 43.4 Å². The molecule has 1 aromatic carbocycles. The Morgan fingerprint density at radius 3 is 3.12 bits per heavy atom. The summed E-state index contributed by atoms with van der Waals surface area (Å²) in [5.74, 6) is 1.56. The highest BCUT2D eigenvalue weighted by atomic mass is 35.5. The highest BCUT2D eigenvalue weighted by Gasteiger charge is 2.22. The first kappa shape index (κ1) is 17.0. The predicted octanol–water partition coefficient (Wildman–Crippen LogP) is 3.42. The van der Waals surface area contributed by atoms with Crippen molar-refractivity contribution in [1.82, 2.24) is 15.3 Å². The van der Waals surface area contributed by atoms with Crippen LogP contribution in [-0.4, -0.2) is 35.5 Å². The lowest BCUT2D eigenvalue weighted by atomic mass is 9.97. The Balaban J connectivity index is 1.72. The summed E-state index contributed by atoms with van der Waals surface area (Å²) in [6.07, 6.45) is 5.33. The van der Waals surface area contributed by atoms with Gasteiger partial charge in [-0.25, -0.2) is 9.97 Å². The molecule has 1 aliphatic heterocycles. The van der Waals surface area contributed by atoms with Crippen molar-refractivity contribution in [3.8, 4) is 0 Å². The number of fused-ring (bicyclic) bond motifs is 1. The zero-order valence-corrected chi connectivity index (χ0v) is 14.7. The molecular formula is C18H23ClN4O. The maximum atomic E-state index is 11.7. The van der Waals surface area contributed by atoms with E-state index in [1.165, 1.54) is 0 Å². The summed E-state index contributed by atoms with van der Waals surface area (Å²) in [5.41, 5.74) is 0.867. The summed E-state index contributed by atoms with van der Waals surface area (Å²) >= 11 is 6.06. The lowest BCUT2D eigenvalue weighted by Gasteiger charge is -2.34. The molecule has 2 heterocycles. The smallest absolute Gasteiger partial charge is 0.219 e. The molecule has 0 radical (unpaired) electrons. The maximum Gasteiger partial charge on any atom is 0.219 e. The van der Waals surface area contributed by atoms with Crippen molar-refractivity contribution in [1.29, 1.82) is 0 Å². The van der Waals surface area contributed by atoms with Gasteiger partial charge in [0, 0.05) is 36.5 Å². The molecule has 1 aromatic heterocycles. The second kappa shape index (κ2) is 7.79. The minimum absolute atomic E-state index is 0.150. The Labute approximate surface area is 147 Å². The van der Waals surface area contributed by atoms with Crippen LogP contribution in [0.4, 0.5) is 5.82 Å². The van der Waals surface area contributed by atoms with Gasteiger partial charge >= 0.3 is 0 Å². The van der Waals surface area contributed by atoms with Crippen molar-refractivity contribution >= 4 is 34.2 Å². The van der Waals surface area contributed by atoms with Gasteiger partial charge in [-0.1, -0.05) is 18.5 Å². The van der Waals surface area contributed by atoms with Crippen LogP contribution in [-0.2, 0) is 4.79 Å². The van der Waals surface area contributed by atoms with Crippen LogP contribution in [0.3, 0.4) is 0 Å². The molecule has 1 amide bonds. The van der Waals surface area contributed by atoms with Gasteiger partial charge in [0.15, 0.2) is 0 Å². The van der Waals surface area contributed by atoms with Gasteiger partial charge in [-0.2, -0.15) is 0 Å². The molecule has 1 N–H and O–H groups in total. The van der Waals surface area contributed by atoms with E-state index in [-0.39, 0.29) is 5.91 Å². The number of hydrogen-bond donors (Lipinski definition) is 1. The van der Waals surface area contributed by atoms with Gasteiger partial charge in [0.05, 0.1) is 5.52 Å². The summed E-state index contributed by atoms with van der Waals surface area (Å²) in [4.78, 5) is 22.8. The Kier molecular flexibility index (Phi) is 5.51. The highest BCUT2D eigenvalue weighted by molar-refractivity contribution is 6.31. The summed E-state index contributed by atoms with van der Waals surface area (Å²) in [6, 6.07) is 5.73. The van der Waals surface area contributed by atoms with Gasteiger partial charge in [-0.15, -0.1) is 0 Å². The van der Waals surface area contributed by atoms with Gasteiger partial charge in [-0.3, -0.25) is 4.79 Å². The number of carbonyl (C=O) groups excluding carboxylic acids is 1. The number of halogens is 1. The van der Waals surface area contributed by atoms with Crippen molar-refractivity contribution in [2.75, 3.05) is 24.5 Å². The number of piperidine rings is 1. The van der Waals surface area contributed by atoms with Gasteiger partial charge in [0.2, 0.25) is 5.91 Å². The fraction of sp³-hybridized carbons (Fsp3) is 0.500. The lowest BCUT2D eigenvalue weighted by molar-refractivity contribution is -0.121. The van der Waals surface area contributed by atoms with Crippen molar-refractivity contribution in [2.24, 2.45) is 5.92 Å². The zero-order chi connectivity index (χ0) is 16.9. The fourth-order valence-electron chi connectivity index (χ4n) is 3.27. The summed E-state index contributed by atoms with van der Waals surface area (Å²) < 4.78 is 0. The molecule has 0 saturated carbocycles. The molecule has 2 aromatic rings. The second-order valence-electron chi connectivity index (χ2n) is 6.37. The van der Waals surface area contributed by atoms with Crippen LogP contribution in [0.2, 0.25) is 5.02 Å². The number of nitrogens with one attached hydrogen (secondary N) is 1. The molecular weight excluding hydrogens is 324 g/mol. The monoisotopic (exact) mass is 346 g/mol. The predicted molar refractivity (Wildman–Crippen MR) is 97.4 cm³/mol. The van der Waals surface area contributed by atoms with E-state index >= 15 is 0 Å². The van der Waals surface area contributed by atoms with Crippen molar-refractivity contribution < 1.29 is 4.79 Å². The van der Waals surface area contributed by atoms with Crippen LogP contribution in [0.1, 0.15) is 32.6 Å². The number of aromatic nitrogens is 2. The number of carbonyl (C=O) groups is 1. The molecule has 1 atom stereocenters. The van der Waals surface area contributed by atoms with Gasteiger partial charge < -0.3 is 10.2 Å². The largest absolute Gasteiger partial charge is 0.356 e. The molecule has 1 fully saturated rings. The van der Waals surface area contributed by atoms with Crippen LogP contribution in [0.25, 0.3) is 10.9 Å². The molecule has 1 saturated heterocycles. The van der Waals surface area contributed by atoms with E-state index in [0.717, 1.165) is 55.6 Å². The van der Waals surface area contributed by atoms with E-state index in [9.17, 15) is 4.79 Å². The number of rotatable bonds is 5. The van der Waals surface area contributed by atoms with Crippen LogP contribution < -0.4 is 10.2 Å². The van der Waals surface area contributed by atoms with Crippen molar-refractivity contribution in [2.45, 2.75) is 32.6 Å². The lowest BCUT2D eigenvalue weighted by Crippen LogP contribution is -2.41. The molecule has 1 aliphatic rings. The standard InChI is InChI=1S/C18H23ClN4O/c1-2-4-17(24)20-10-13-5-3-8-23(11-13)18-15-7-6-14(19)9-16(15)21-12-22-18/h6-7,9,12-13H,2-5,8,10-11H2,1H3,(H,20,24). The third kappa shape index (κ3) is 3.96. The summed E-state index contributed by atoms with van der Waals surface area (Å²) in [7, 11) is 0. The Morgan fingerprint density at radius 1 is 1.42 bits per heavy atom. The number of hydrogen-bond acceptors (Lipinski definition) is 4. The van der Waals surface area contributed by atoms with Gasteiger partial charge in [0.25, 0.3) is 0 Å². The van der Waals surface area contributed by atoms with E-state index in [4.69, 9.17) is 11.6 Å². The van der Waals surface area contributed by atoms with Crippen LogP contribution in [0.15, 0.2) is 24.5 Å². The molecule has 0 bridgehead atoms. The topological polar surface area (TPSA) is 58.1 Å². The fourth-order valence-corrected chi connectivity index (χ4v) is 3.43. The minimum Gasteiger partial charge on any atom is -0.356 e. The minimum atomic E-state index is 0.150. The Morgan fingerprint density at radius 2 is 2.29 bits per heavy atom. The molecule has 24 heavy (non-hydrogen) atoms. The van der Waals surface area contributed by atoms with Crippen molar-refractivity contribution in [3.63, 3.8) is 0 Å². The molecule has 128 valence electrons. The third-order valence-electron chi connectivity index (χ3n) is 4.46. The molecule has 0 aliphatic carbocycles. The van der Waals surface area contributed by atoms with E-state index in [2.05, 4.69) is 20.2 Å². The number of benzene rings is 1. The average Bonchev–Trinajstić information content (AvgIpc) is 2.60. The Bertz CT molecular complexity index is 721. The first-order chi connectivity index (χ1) is 11.7. The Hall–Kier alpha value is -1.88. The normalized spacial score (nSPS) is 17.9. The van der Waals surface area contributed by atoms with Crippen LogP contribution >= 0.6 is 11.6 Å². The molecule has 1 unspecified atom stereocenters. The highest BCUT2D eigenvalue weighted by Crippen LogP contribution is 2.28. The summed E-state index contributed by atoms with van der Waals surface area (Å²) in [5, 5.41) is 4.76. The first-order valence-corrected chi connectivity index (χ1v) is 8.97. The third-order valence-corrected chi connectivity index (χ3v) is 4.70. The zero-order valence-electron chi connectivity index (χ0n) is 14.0. The van der Waals surface area contributed by atoms with Crippen molar-refractivity contribution in [3.05, 3.63) is 29.5 Å². The van der Waals surface area contributed by atoms with Gasteiger partial charge in [0.1, 0.15) is 12.1 Å². The number of anilines is 1.